The zero-order valence-electron chi connectivity index (χ0n) is 8.60. The summed E-state index contributed by atoms with van der Waals surface area (Å²) >= 11 is 0. The Hall–Kier alpha value is -0.900. The number of nitrogens with two attached hydrogens (primary N) is 1. The van der Waals surface area contributed by atoms with E-state index < -0.39 is 0 Å². The Labute approximate surface area is 84.5 Å². The van der Waals surface area contributed by atoms with Crippen molar-refractivity contribution in [2.24, 2.45) is 5.73 Å². The van der Waals surface area contributed by atoms with Gasteiger partial charge in [0.1, 0.15) is 0 Å². The van der Waals surface area contributed by atoms with E-state index in [1.165, 1.54) is 0 Å². The summed E-state index contributed by atoms with van der Waals surface area (Å²) in [6.45, 7) is 1.94. The van der Waals surface area contributed by atoms with Crippen LogP contribution in [0.1, 0.15) is 30.2 Å². The molecular weight excluding hydrogens is 178 g/mol. The van der Waals surface area contributed by atoms with Gasteiger partial charge in [-0.25, -0.2) is 0 Å². The Bertz CT molecular complexity index is 263. The fourth-order valence-electron chi connectivity index (χ4n) is 1.28. The van der Waals surface area contributed by atoms with Crippen LogP contribution in [0.3, 0.4) is 0 Å². The molecule has 0 aromatic heterocycles. The van der Waals surface area contributed by atoms with Crippen LogP contribution in [0.2, 0.25) is 0 Å². The molecule has 3 nitrogen and oxygen atoms in total. The fraction of sp³-hybridized carbons (Fsp3) is 0.455. The summed E-state index contributed by atoms with van der Waals surface area (Å²) in [6.07, 6.45) is 0.0563. The molecular formula is C11H17NO2. The zero-order valence-corrected chi connectivity index (χ0v) is 8.60. The monoisotopic (exact) mass is 195 g/mol. The number of aliphatic hydroxyl groups is 1. The third kappa shape index (κ3) is 2.54. The highest BCUT2D eigenvalue weighted by Gasteiger charge is 2.08. The van der Waals surface area contributed by atoms with Crippen molar-refractivity contribution >= 4 is 0 Å². The number of ether oxygens (including phenoxy) is 1. The first kappa shape index (κ1) is 11.2. The number of hydrogen-bond donors (Lipinski definition) is 2. The summed E-state index contributed by atoms with van der Waals surface area (Å²) in [5, 5.41) is 8.92. The maximum Gasteiger partial charge on any atom is 0.0793 e. The standard InChI is InChI=1S/C11H17NO2/c1-8(14-2)9-4-3-5-10(6-9)11(12)7-13/h3-6,8,11,13H,7,12H2,1-2H3. The molecule has 3 N–H and O–H groups in total. The number of rotatable bonds is 4. The summed E-state index contributed by atoms with van der Waals surface area (Å²) in [7, 11) is 1.67. The fourth-order valence-corrected chi connectivity index (χ4v) is 1.28. The minimum absolute atomic E-state index is 0.0369. The minimum atomic E-state index is -0.306. The molecule has 2 atom stereocenters. The summed E-state index contributed by atoms with van der Waals surface area (Å²) < 4.78 is 5.20. The maximum atomic E-state index is 8.92. The third-order valence-electron chi connectivity index (χ3n) is 2.36. The molecule has 0 saturated heterocycles. The summed E-state index contributed by atoms with van der Waals surface area (Å²) in [6, 6.07) is 7.48. The Balaban J connectivity index is 2.89. The van der Waals surface area contributed by atoms with Crippen molar-refractivity contribution in [3.8, 4) is 0 Å². The second-order valence-corrected chi connectivity index (χ2v) is 3.34. The smallest absolute Gasteiger partial charge is 0.0793 e. The molecule has 0 fully saturated rings. The third-order valence-corrected chi connectivity index (χ3v) is 2.36. The first-order valence-electron chi connectivity index (χ1n) is 4.68. The van der Waals surface area contributed by atoms with Crippen molar-refractivity contribution in [2.75, 3.05) is 13.7 Å². The average Bonchev–Trinajstić information content (AvgIpc) is 2.27. The predicted octanol–water partition coefficient (Wildman–Crippen LogP) is 1.39. The van der Waals surface area contributed by atoms with Gasteiger partial charge in [-0.1, -0.05) is 24.3 Å². The van der Waals surface area contributed by atoms with Crippen LogP contribution in [0.5, 0.6) is 0 Å². The van der Waals surface area contributed by atoms with Crippen molar-refractivity contribution in [3.63, 3.8) is 0 Å². The van der Waals surface area contributed by atoms with Gasteiger partial charge in [-0.2, -0.15) is 0 Å². The quantitative estimate of drug-likeness (QED) is 0.763. The van der Waals surface area contributed by atoms with Gasteiger partial charge in [-0.15, -0.1) is 0 Å². The van der Waals surface area contributed by atoms with Crippen LogP contribution in [0, 0.1) is 0 Å². The molecule has 1 aromatic rings. The summed E-state index contributed by atoms with van der Waals surface area (Å²) in [5.74, 6) is 0. The van der Waals surface area contributed by atoms with E-state index in [2.05, 4.69) is 0 Å². The van der Waals surface area contributed by atoms with E-state index in [9.17, 15) is 0 Å². The molecule has 14 heavy (non-hydrogen) atoms. The van der Waals surface area contributed by atoms with Gasteiger partial charge in [0.05, 0.1) is 18.8 Å². The van der Waals surface area contributed by atoms with Crippen molar-refractivity contribution in [2.45, 2.75) is 19.1 Å². The lowest BCUT2D eigenvalue weighted by Gasteiger charge is -2.13. The van der Waals surface area contributed by atoms with Gasteiger partial charge >= 0.3 is 0 Å². The van der Waals surface area contributed by atoms with Crippen molar-refractivity contribution in [1.82, 2.24) is 0 Å². The van der Waals surface area contributed by atoms with Crippen LogP contribution in [-0.2, 0) is 4.74 Å². The molecule has 2 unspecified atom stereocenters. The first-order chi connectivity index (χ1) is 6.69. The largest absolute Gasteiger partial charge is 0.394 e. The SMILES string of the molecule is COC(C)c1cccc(C(N)CO)c1. The molecule has 0 spiro atoms. The molecule has 0 aliphatic carbocycles. The van der Waals surface area contributed by atoms with E-state index in [-0.39, 0.29) is 18.8 Å². The molecule has 0 saturated carbocycles. The number of methoxy groups -OCH3 is 1. The second kappa shape index (κ2) is 5.10. The van der Waals surface area contributed by atoms with Crippen LogP contribution in [0.4, 0.5) is 0 Å². The molecule has 78 valence electrons. The predicted molar refractivity (Wildman–Crippen MR) is 55.9 cm³/mol. The van der Waals surface area contributed by atoms with Crippen LogP contribution in [0.25, 0.3) is 0 Å². The van der Waals surface area contributed by atoms with E-state index in [1.54, 1.807) is 7.11 Å². The van der Waals surface area contributed by atoms with E-state index in [0.29, 0.717) is 0 Å². The number of aliphatic hydroxyl groups excluding tert-OH is 1. The van der Waals surface area contributed by atoms with Gasteiger partial charge in [0, 0.05) is 7.11 Å². The van der Waals surface area contributed by atoms with E-state index >= 15 is 0 Å². The van der Waals surface area contributed by atoms with Crippen molar-refractivity contribution in [1.29, 1.82) is 0 Å². The highest BCUT2D eigenvalue weighted by atomic mass is 16.5. The second-order valence-electron chi connectivity index (χ2n) is 3.34. The zero-order chi connectivity index (χ0) is 10.6. The first-order valence-corrected chi connectivity index (χ1v) is 4.68. The highest BCUT2D eigenvalue weighted by molar-refractivity contribution is 5.27. The van der Waals surface area contributed by atoms with Gasteiger partial charge in [-0.05, 0) is 18.1 Å². The minimum Gasteiger partial charge on any atom is -0.394 e. The van der Waals surface area contributed by atoms with Crippen LogP contribution >= 0.6 is 0 Å². The van der Waals surface area contributed by atoms with Crippen LogP contribution in [-0.4, -0.2) is 18.8 Å². The maximum absolute atomic E-state index is 8.92. The summed E-state index contributed by atoms with van der Waals surface area (Å²) in [5.41, 5.74) is 7.73. The molecule has 1 aromatic carbocycles. The normalized spacial score (nSPS) is 15.1. The number of hydrogen-bond acceptors (Lipinski definition) is 3. The molecule has 0 heterocycles. The highest BCUT2D eigenvalue weighted by Crippen LogP contribution is 2.19. The van der Waals surface area contributed by atoms with Gasteiger partial charge in [-0.3, -0.25) is 0 Å². The van der Waals surface area contributed by atoms with Crippen LogP contribution in [0.15, 0.2) is 24.3 Å². The van der Waals surface area contributed by atoms with Gasteiger partial charge in [0.15, 0.2) is 0 Å². The van der Waals surface area contributed by atoms with Gasteiger partial charge in [0.2, 0.25) is 0 Å². The van der Waals surface area contributed by atoms with E-state index in [4.69, 9.17) is 15.6 Å². The lowest BCUT2D eigenvalue weighted by molar-refractivity contribution is 0.119. The molecule has 0 bridgehead atoms. The lowest BCUT2D eigenvalue weighted by atomic mass is 10.0. The van der Waals surface area contributed by atoms with Crippen molar-refractivity contribution in [3.05, 3.63) is 35.4 Å². The Morgan fingerprint density at radius 3 is 2.64 bits per heavy atom. The lowest BCUT2D eigenvalue weighted by Crippen LogP contribution is -2.14. The molecule has 1 rings (SSSR count). The van der Waals surface area contributed by atoms with E-state index in [0.717, 1.165) is 11.1 Å². The van der Waals surface area contributed by atoms with Gasteiger partial charge in [0.25, 0.3) is 0 Å². The molecule has 0 aliphatic rings. The topological polar surface area (TPSA) is 55.5 Å². The molecule has 0 radical (unpaired) electrons. The van der Waals surface area contributed by atoms with E-state index in [1.807, 2.05) is 31.2 Å². The van der Waals surface area contributed by atoms with Crippen LogP contribution < -0.4 is 5.73 Å². The Morgan fingerprint density at radius 1 is 1.43 bits per heavy atom. The molecule has 0 aliphatic heterocycles. The van der Waals surface area contributed by atoms with Gasteiger partial charge < -0.3 is 15.6 Å². The molecule has 3 heteroatoms. The Kier molecular flexibility index (Phi) is 4.07. The average molecular weight is 195 g/mol. The number of benzene rings is 1. The molecule has 0 amide bonds. The summed E-state index contributed by atoms with van der Waals surface area (Å²) in [4.78, 5) is 0. The Morgan fingerprint density at radius 2 is 2.07 bits per heavy atom. The van der Waals surface area contributed by atoms with Crippen molar-refractivity contribution < 1.29 is 9.84 Å².